The molecule has 50 heavy (non-hydrogen) atoms. The monoisotopic (exact) mass is 634 g/mol. The smallest absolute Gasteiger partial charge is 0.143 e. The van der Waals surface area contributed by atoms with Gasteiger partial charge in [0.25, 0.3) is 0 Å². The van der Waals surface area contributed by atoms with E-state index in [0.717, 1.165) is 65.8 Å². The zero-order chi connectivity index (χ0) is 32.5. The second-order valence-electron chi connectivity index (χ2n) is 13.7. The fourth-order valence-electron chi connectivity index (χ4n) is 8.54. The maximum Gasteiger partial charge on any atom is 0.143 e. The summed E-state index contributed by atoms with van der Waals surface area (Å²) in [5, 5.41) is 16.9. The van der Waals surface area contributed by atoms with Crippen LogP contribution < -0.4 is 0 Å². The molecule has 2 heteroatoms. The lowest BCUT2D eigenvalue weighted by Crippen LogP contribution is -1.87. The Balaban J connectivity index is 0.980. The molecule has 2 aromatic heterocycles. The van der Waals surface area contributed by atoms with Crippen LogP contribution in [0.25, 0.3) is 120 Å². The van der Waals surface area contributed by atoms with Gasteiger partial charge >= 0.3 is 0 Å². The second-order valence-corrected chi connectivity index (χ2v) is 13.7. The molecule has 12 aromatic rings. The van der Waals surface area contributed by atoms with Crippen molar-refractivity contribution in [3.63, 3.8) is 0 Å². The highest BCUT2D eigenvalue weighted by Crippen LogP contribution is 2.42. The van der Waals surface area contributed by atoms with Crippen molar-refractivity contribution in [1.29, 1.82) is 0 Å². The van der Waals surface area contributed by atoms with Crippen LogP contribution >= 0.6 is 0 Å². The van der Waals surface area contributed by atoms with Gasteiger partial charge in [-0.25, -0.2) is 0 Å². The Morgan fingerprint density at radius 2 is 0.640 bits per heavy atom. The topological polar surface area (TPSA) is 26.3 Å². The normalized spacial score (nSPS) is 12.4. The van der Waals surface area contributed by atoms with Gasteiger partial charge in [-0.05, 0) is 126 Å². The van der Waals surface area contributed by atoms with E-state index >= 15 is 0 Å². The molecule has 0 aliphatic heterocycles. The predicted molar refractivity (Wildman–Crippen MR) is 211 cm³/mol. The van der Waals surface area contributed by atoms with Crippen molar-refractivity contribution in [2.45, 2.75) is 0 Å². The van der Waals surface area contributed by atoms with Gasteiger partial charge in [-0.2, -0.15) is 0 Å². The minimum Gasteiger partial charge on any atom is -0.455 e. The highest BCUT2D eigenvalue weighted by Gasteiger charge is 2.16. The fourth-order valence-corrected chi connectivity index (χ4v) is 8.54. The standard InChI is InChI=1S/C48H26O2/c1-3-7-37-27(5-1)13-19-41-39-17-15-29(25-43(39)49-47(37)41)35-21-31-9-11-33-23-36(24-34-12-10-32(22-35)45(31)46(33)34)30-16-18-40-42-20-14-28-6-2-4-8-38(28)48(42)50-44(40)26-30/h1-26H. The SMILES string of the molecule is c1ccc2c(c1)ccc1c3ccc(-c4cc5ccc6cc(-c7ccc8c(c7)oc7c9ccccc9ccc87)cc7ccc(c4)c5c67)cc3oc21. The van der Waals surface area contributed by atoms with Gasteiger partial charge in [0.2, 0.25) is 0 Å². The van der Waals surface area contributed by atoms with Gasteiger partial charge in [-0.1, -0.05) is 97.1 Å². The largest absolute Gasteiger partial charge is 0.455 e. The summed E-state index contributed by atoms with van der Waals surface area (Å²) in [6.45, 7) is 0. The molecule has 0 aliphatic rings. The van der Waals surface area contributed by atoms with Crippen LogP contribution in [0.4, 0.5) is 0 Å². The van der Waals surface area contributed by atoms with Crippen LogP contribution in [0, 0.1) is 0 Å². The van der Waals surface area contributed by atoms with Gasteiger partial charge in [0.1, 0.15) is 22.3 Å². The van der Waals surface area contributed by atoms with Crippen LogP contribution in [0.5, 0.6) is 0 Å². The highest BCUT2D eigenvalue weighted by atomic mass is 16.3. The Bertz CT molecular complexity index is 3080. The van der Waals surface area contributed by atoms with E-state index in [1.54, 1.807) is 0 Å². The first kappa shape index (κ1) is 26.3. The van der Waals surface area contributed by atoms with Crippen LogP contribution in [-0.2, 0) is 0 Å². The third-order valence-corrected chi connectivity index (χ3v) is 10.9. The van der Waals surface area contributed by atoms with Crippen LogP contribution in [0.2, 0.25) is 0 Å². The molecule has 0 spiro atoms. The van der Waals surface area contributed by atoms with E-state index in [1.807, 2.05) is 0 Å². The lowest BCUT2D eigenvalue weighted by molar-refractivity contribution is 0.672. The number of hydrogen-bond donors (Lipinski definition) is 0. The summed E-state index contributed by atoms with van der Waals surface area (Å²) < 4.78 is 13.0. The molecule has 0 atom stereocenters. The molecule has 0 radical (unpaired) electrons. The van der Waals surface area contributed by atoms with Gasteiger partial charge in [0.15, 0.2) is 0 Å². The molecular formula is C48H26O2. The summed E-state index contributed by atoms with van der Waals surface area (Å²) in [4.78, 5) is 0. The average molecular weight is 635 g/mol. The van der Waals surface area contributed by atoms with Crippen molar-refractivity contribution in [3.8, 4) is 22.3 Å². The summed E-state index contributed by atoms with van der Waals surface area (Å²) in [6.07, 6.45) is 0. The summed E-state index contributed by atoms with van der Waals surface area (Å²) in [6, 6.07) is 57.3. The van der Waals surface area contributed by atoms with E-state index < -0.39 is 0 Å². The molecule has 0 saturated heterocycles. The fraction of sp³-hybridized carbons (Fsp3) is 0. The predicted octanol–water partition coefficient (Wildman–Crippen LogP) is 14.0. The maximum atomic E-state index is 6.52. The first-order chi connectivity index (χ1) is 24.7. The third-order valence-electron chi connectivity index (χ3n) is 10.9. The summed E-state index contributed by atoms with van der Waals surface area (Å²) in [5.74, 6) is 0. The summed E-state index contributed by atoms with van der Waals surface area (Å²) >= 11 is 0. The summed E-state index contributed by atoms with van der Waals surface area (Å²) in [5.41, 5.74) is 8.44. The maximum absolute atomic E-state index is 6.52. The van der Waals surface area contributed by atoms with E-state index in [9.17, 15) is 0 Å². The Morgan fingerprint density at radius 1 is 0.260 bits per heavy atom. The van der Waals surface area contributed by atoms with Crippen molar-refractivity contribution in [2.75, 3.05) is 0 Å². The van der Waals surface area contributed by atoms with Crippen molar-refractivity contribution in [2.24, 2.45) is 0 Å². The number of benzene rings is 10. The molecule has 12 rings (SSSR count). The molecule has 230 valence electrons. The van der Waals surface area contributed by atoms with E-state index in [2.05, 4.69) is 158 Å². The van der Waals surface area contributed by atoms with Crippen molar-refractivity contribution in [3.05, 3.63) is 158 Å². The molecule has 2 nitrogen and oxygen atoms in total. The minimum absolute atomic E-state index is 0.917. The van der Waals surface area contributed by atoms with Crippen molar-refractivity contribution < 1.29 is 8.83 Å². The Kier molecular flexibility index (Phi) is 5.00. The molecule has 0 bridgehead atoms. The molecule has 10 aromatic carbocycles. The Hall–Kier alpha value is -6.64. The third kappa shape index (κ3) is 3.57. The number of hydrogen-bond acceptors (Lipinski definition) is 2. The molecule has 0 N–H and O–H groups in total. The Labute approximate surface area is 285 Å². The van der Waals surface area contributed by atoms with E-state index in [-0.39, 0.29) is 0 Å². The zero-order valence-corrected chi connectivity index (χ0v) is 26.8. The van der Waals surface area contributed by atoms with Crippen LogP contribution in [0.3, 0.4) is 0 Å². The Morgan fingerprint density at radius 3 is 1.08 bits per heavy atom. The quantitative estimate of drug-likeness (QED) is 0.177. The van der Waals surface area contributed by atoms with E-state index in [0.29, 0.717) is 0 Å². The van der Waals surface area contributed by atoms with Gasteiger partial charge in [-0.15, -0.1) is 0 Å². The lowest BCUT2D eigenvalue weighted by Gasteiger charge is -2.14. The van der Waals surface area contributed by atoms with E-state index in [4.69, 9.17) is 8.83 Å². The first-order valence-corrected chi connectivity index (χ1v) is 17.1. The van der Waals surface area contributed by atoms with Gasteiger partial charge in [-0.3, -0.25) is 0 Å². The average Bonchev–Trinajstić information content (AvgIpc) is 3.75. The second kappa shape index (κ2) is 9.49. The molecule has 0 aliphatic carbocycles. The molecule has 0 unspecified atom stereocenters. The van der Waals surface area contributed by atoms with Gasteiger partial charge in [0.05, 0.1) is 0 Å². The molecule has 2 heterocycles. The molecule has 0 saturated carbocycles. The summed E-state index contributed by atoms with van der Waals surface area (Å²) in [7, 11) is 0. The van der Waals surface area contributed by atoms with E-state index in [1.165, 1.54) is 54.2 Å². The van der Waals surface area contributed by atoms with Crippen molar-refractivity contribution >= 4 is 97.7 Å². The highest BCUT2D eigenvalue weighted by molar-refractivity contribution is 6.25. The van der Waals surface area contributed by atoms with Crippen LogP contribution in [0.1, 0.15) is 0 Å². The van der Waals surface area contributed by atoms with Crippen LogP contribution in [-0.4, -0.2) is 0 Å². The number of fused-ring (bicyclic) bond motifs is 10. The van der Waals surface area contributed by atoms with Gasteiger partial charge < -0.3 is 8.83 Å². The molecule has 0 fully saturated rings. The van der Waals surface area contributed by atoms with Gasteiger partial charge in [0, 0.05) is 32.3 Å². The number of furan rings is 2. The molecule has 0 amide bonds. The minimum atomic E-state index is 0.917. The molecular weight excluding hydrogens is 609 g/mol. The first-order valence-electron chi connectivity index (χ1n) is 17.1. The van der Waals surface area contributed by atoms with Crippen LogP contribution in [0.15, 0.2) is 167 Å². The number of rotatable bonds is 2. The lowest BCUT2D eigenvalue weighted by atomic mass is 9.89. The van der Waals surface area contributed by atoms with Crippen molar-refractivity contribution in [1.82, 2.24) is 0 Å². The zero-order valence-electron chi connectivity index (χ0n) is 26.8.